The van der Waals surface area contributed by atoms with Gasteiger partial charge < -0.3 is 9.84 Å². The van der Waals surface area contributed by atoms with Crippen LogP contribution in [-0.2, 0) is 12.2 Å². The molecule has 0 fully saturated rings. The number of aryl methyl sites for hydroxylation is 2. The van der Waals surface area contributed by atoms with Crippen molar-refractivity contribution in [3.8, 4) is 22.8 Å². The molecule has 0 amide bonds. The minimum Gasteiger partial charge on any atom is -0.486 e. The van der Waals surface area contributed by atoms with Gasteiger partial charge in [-0.2, -0.15) is 0 Å². The summed E-state index contributed by atoms with van der Waals surface area (Å²) in [6.07, 6.45) is 3.01. The van der Waals surface area contributed by atoms with E-state index in [0.717, 1.165) is 11.4 Å². The lowest BCUT2D eigenvalue weighted by molar-refractivity contribution is 0.0688. The van der Waals surface area contributed by atoms with Crippen LogP contribution in [0.4, 0.5) is 0 Å². The van der Waals surface area contributed by atoms with Gasteiger partial charge in [0, 0.05) is 29.8 Å². The summed E-state index contributed by atoms with van der Waals surface area (Å²) in [4.78, 5) is 30.7. The quantitative estimate of drug-likeness (QED) is 0.359. The van der Waals surface area contributed by atoms with E-state index in [0.29, 0.717) is 33.5 Å². The molecular formula is C25H23BrClN5O3. The zero-order chi connectivity index (χ0) is 25.3. The summed E-state index contributed by atoms with van der Waals surface area (Å²) in [5.41, 5.74) is 2.12. The summed E-state index contributed by atoms with van der Waals surface area (Å²) in [5.74, 6) is 0.664. The molecule has 0 saturated heterocycles. The molecule has 1 N–H and O–H groups in total. The van der Waals surface area contributed by atoms with Gasteiger partial charge in [-0.3, -0.25) is 19.3 Å². The monoisotopic (exact) mass is 555 g/mol. The second-order valence-electron chi connectivity index (χ2n) is 8.51. The fourth-order valence-corrected chi connectivity index (χ4v) is 4.05. The number of pyridine rings is 3. The molecule has 0 aromatic carbocycles. The largest absolute Gasteiger partial charge is 0.486 e. The van der Waals surface area contributed by atoms with Gasteiger partial charge in [-0.05, 0) is 67.9 Å². The molecule has 4 rings (SSSR count). The van der Waals surface area contributed by atoms with E-state index in [4.69, 9.17) is 16.3 Å². The average molecular weight is 557 g/mol. The van der Waals surface area contributed by atoms with E-state index in [2.05, 4.69) is 35.9 Å². The number of ether oxygens (including phenoxy) is 1. The Morgan fingerprint density at radius 1 is 1.11 bits per heavy atom. The van der Waals surface area contributed by atoms with Crippen LogP contribution in [0, 0.1) is 13.8 Å². The molecule has 0 aliphatic rings. The van der Waals surface area contributed by atoms with Gasteiger partial charge in [-0.15, -0.1) is 0 Å². The Labute approximate surface area is 215 Å². The second-order valence-corrected chi connectivity index (χ2v) is 9.71. The molecule has 0 unspecified atom stereocenters. The molecule has 8 nitrogen and oxygen atoms in total. The topological polar surface area (TPSA) is 103 Å². The van der Waals surface area contributed by atoms with E-state index in [-0.39, 0.29) is 22.5 Å². The van der Waals surface area contributed by atoms with Crippen LogP contribution in [0.15, 0.2) is 58.1 Å². The summed E-state index contributed by atoms with van der Waals surface area (Å²) in [6, 6.07) is 10.8. The number of aliphatic hydroxyl groups is 1. The van der Waals surface area contributed by atoms with E-state index >= 15 is 0 Å². The molecule has 10 heteroatoms. The average Bonchev–Trinajstić information content (AvgIpc) is 2.81. The lowest BCUT2D eigenvalue weighted by atomic mass is 10.1. The van der Waals surface area contributed by atoms with Crippen LogP contribution in [0.3, 0.4) is 0 Å². The highest BCUT2D eigenvalue weighted by Crippen LogP contribution is 2.29. The number of nitrogens with zero attached hydrogens (tertiary/aromatic N) is 5. The summed E-state index contributed by atoms with van der Waals surface area (Å²) < 4.78 is 7.63. The first-order valence-electron chi connectivity index (χ1n) is 10.7. The minimum atomic E-state index is -1.21. The maximum absolute atomic E-state index is 13.3. The van der Waals surface area contributed by atoms with E-state index in [9.17, 15) is 9.90 Å². The first-order chi connectivity index (χ1) is 16.5. The summed E-state index contributed by atoms with van der Waals surface area (Å²) in [6.45, 7) is 7.13. The summed E-state index contributed by atoms with van der Waals surface area (Å²) >= 11 is 9.85. The molecule has 0 bridgehead atoms. The smallest absolute Gasteiger partial charge is 0.273 e. The van der Waals surface area contributed by atoms with Crippen LogP contribution in [0.1, 0.15) is 36.8 Å². The van der Waals surface area contributed by atoms with Crippen molar-refractivity contribution in [3.05, 3.63) is 91.5 Å². The fraction of sp³-hybridized carbons (Fsp3) is 0.240. The van der Waals surface area contributed by atoms with Gasteiger partial charge in [0.25, 0.3) is 5.56 Å². The van der Waals surface area contributed by atoms with Crippen molar-refractivity contribution in [3.63, 3.8) is 0 Å². The molecule has 0 atom stereocenters. The lowest BCUT2D eigenvalue weighted by Crippen LogP contribution is -2.22. The van der Waals surface area contributed by atoms with Crippen molar-refractivity contribution >= 4 is 27.5 Å². The molecule has 0 saturated carbocycles. The lowest BCUT2D eigenvalue weighted by Gasteiger charge is -2.17. The first kappa shape index (κ1) is 25.0. The van der Waals surface area contributed by atoms with Crippen LogP contribution in [0.25, 0.3) is 17.1 Å². The molecule has 4 aromatic rings. The molecule has 4 heterocycles. The normalized spacial score (nSPS) is 11.5. The van der Waals surface area contributed by atoms with Crippen molar-refractivity contribution < 1.29 is 9.84 Å². The molecule has 0 radical (unpaired) electrons. The Morgan fingerprint density at radius 2 is 1.89 bits per heavy atom. The standard InChI is InChI=1S/C25H23BrClN5O3/c1-14-6-5-7-16(30-14)13-35-21-10-15(2)32(23(33)22(21)26)20-11-19(29-12-17(20)27)18-8-9-28-24(31-18)25(3,4)34/h5-12,34H,13H2,1-4H3. The second kappa shape index (κ2) is 9.85. The Bertz CT molecular complexity index is 1470. The Hall–Kier alpha value is -3.14. The van der Waals surface area contributed by atoms with E-state index in [1.165, 1.54) is 10.8 Å². The summed E-state index contributed by atoms with van der Waals surface area (Å²) in [5, 5.41) is 10.6. The first-order valence-corrected chi connectivity index (χ1v) is 11.9. The van der Waals surface area contributed by atoms with Crippen LogP contribution in [-0.4, -0.2) is 29.6 Å². The van der Waals surface area contributed by atoms with Crippen LogP contribution in [0.5, 0.6) is 5.75 Å². The SMILES string of the molecule is Cc1cccc(COc2cc(C)n(-c3cc(-c4ccnc(C(C)(C)O)n4)ncc3Cl)c(=O)c2Br)n1. The number of halogens is 2. The van der Waals surface area contributed by atoms with E-state index < -0.39 is 5.60 Å². The molecule has 0 aliphatic carbocycles. The highest BCUT2D eigenvalue weighted by molar-refractivity contribution is 9.10. The minimum absolute atomic E-state index is 0.223. The van der Waals surface area contributed by atoms with E-state index in [1.54, 1.807) is 45.2 Å². The highest BCUT2D eigenvalue weighted by Gasteiger charge is 2.21. The fourth-order valence-electron chi connectivity index (χ4n) is 3.45. The van der Waals surface area contributed by atoms with Gasteiger partial charge in [-0.1, -0.05) is 17.7 Å². The third-order valence-corrected chi connectivity index (χ3v) is 6.18. The van der Waals surface area contributed by atoms with Crippen LogP contribution < -0.4 is 10.3 Å². The van der Waals surface area contributed by atoms with Crippen molar-refractivity contribution in [2.24, 2.45) is 0 Å². The number of hydrogen-bond donors (Lipinski definition) is 1. The molecule has 180 valence electrons. The zero-order valence-corrected chi connectivity index (χ0v) is 21.9. The maximum Gasteiger partial charge on any atom is 0.273 e. The van der Waals surface area contributed by atoms with E-state index in [1.807, 2.05) is 25.1 Å². The van der Waals surface area contributed by atoms with Crippen molar-refractivity contribution in [1.82, 2.24) is 24.5 Å². The van der Waals surface area contributed by atoms with Gasteiger partial charge >= 0.3 is 0 Å². The molecule has 0 aliphatic heterocycles. The Kier molecular flexibility index (Phi) is 7.02. The number of hydrogen-bond acceptors (Lipinski definition) is 7. The highest BCUT2D eigenvalue weighted by atomic mass is 79.9. The van der Waals surface area contributed by atoms with Crippen LogP contribution in [0.2, 0.25) is 5.02 Å². The zero-order valence-electron chi connectivity index (χ0n) is 19.6. The van der Waals surface area contributed by atoms with Crippen molar-refractivity contribution in [2.75, 3.05) is 0 Å². The van der Waals surface area contributed by atoms with Crippen molar-refractivity contribution in [1.29, 1.82) is 0 Å². The molecular weight excluding hydrogens is 534 g/mol. The Morgan fingerprint density at radius 3 is 2.60 bits per heavy atom. The molecule has 35 heavy (non-hydrogen) atoms. The third kappa shape index (κ3) is 5.42. The van der Waals surface area contributed by atoms with Gasteiger partial charge in [-0.25, -0.2) is 9.97 Å². The van der Waals surface area contributed by atoms with Gasteiger partial charge in [0.15, 0.2) is 5.82 Å². The van der Waals surface area contributed by atoms with Crippen LogP contribution >= 0.6 is 27.5 Å². The number of aromatic nitrogens is 5. The predicted octanol–water partition coefficient (Wildman–Crippen LogP) is 4.92. The van der Waals surface area contributed by atoms with Gasteiger partial charge in [0.05, 0.1) is 27.8 Å². The Balaban J connectivity index is 1.72. The maximum atomic E-state index is 13.3. The van der Waals surface area contributed by atoms with Gasteiger partial charge in [0.1, 0.15) is 22.4 Å². The van der Waals surface area contributed by atoms with Gasteiger partial charge in [0.2, 0.25) is 0 Å². The number of rotatable bonds is 6. The third-order valence-electron chi connectivity index (χ3n) is 5.16. The molecule has 0 spiro atoms. The summed E-state index contributed by atoms with van der Waals surface area (Å²) in [7, 11) is 0. The predicted molar refractivity (Wildman–Crippen MR) is 137 cm³/mol. The van der Waals surface area contributed by atoms with Crippen molar-refractivity contribution in [2.45, 2.75) is 39.9 Å². The molecule has 4 aromatic heterocycles.